The topological polar surface area (TPSA) is 73.9 Å². The van der Waals surface area contributed by atoms with Crippen LogP contribution in [0, 0.1) is 3.57 Å². The van der Waals surface area contributed by atoms with Crippen LogP contribution < -0.4 is 25.0 Å². The molecule has 8 heteroatoms. The number of thioether (sulfide) groups is 1. The number of carbonyl (C=O) groups is 1. The molecule has 0 bridgehead atoms. The van der Waals surface area contributed by atoms with E-state index in [1.807, 2.05) is 25.3 Å². The van der Waals surface area contributed by atoms with Crippen LogP contribution in [0.3, 0.4) is 0 Å². The first-order valence-corrected chi connectivity index (χ1v) is 12.2. The highest BCUT2D eigenvalue weighted by Gasteiger charge is 2.32. The largest absolute Gasteiger partial charge is 0.492 e. The number of fused-ring (bicyclic) bond motifs is 3. The molecule has 1 N–H and O–H groups in total. The van der Waals surface area contributed by atoms with E-state index in [0.717, 1.165) is 25.8 Å². The molecule has 0 saturated heterocycles. The molecule has 2 aromatic carbocycles. The summed E-state index contributed by atoms with van der Waals surface area (Å²) in [5, 5.41) is 3.10. The first-order valence-electron chi connectivity index (χ1n) is 9.93. The predicted molar refractivity (Wildman–Crippen MR) is 132 cm³/mol. The fraction of sp³-hybridized carbons (Fsp3) is 0.391. The van der Waals surface area contributed by atoms with Gasteiger partial charge in [-0.1, -0.05) is 13.0 Å². The number of rotatable bonds is 6. The lowest BCUT2D eigenvalue weighted by Gasteiger charge is -2.21. The summed E-state index contributed by atoms with van der Waals surface area (Å²) < 4.78 is 18.1. The number of methoxy groups -OCH3 is 3. The fourth-order valence-corrected chi connectivity index (χ4v) is 5.45. The van der Waals surface area contributed by atoms with E-state index >= 15 is 0 Å². The summed E-state index contributed by atoms with van der Waals surface area (Å²) in [6.07, 6.45) is 3.59. The zero-order chi connectivity index (χ0) is 22.7. The van der Waals surface area contributed by atoms with Gasteiger partial charge in [-0.2, -0.15) is 0 Å². The molecule has 0 fully saturated rings. The van der Waals surface area contributed by atoms with Crippen LogP contribution in [0.15, 0.2) is 27.9 Å². The molecule has 0 aliphatic heterocycles. The van der Waals surface area contributed by atoms with Crippen LogP contribution >= 0.6 is 34.4 Å². The van der Waals surface area contributed by atoms with Crippen molar-refractivity contribution in [1.29, 1.82) is 0 Å². The minimum absolute atomic E-state index is 0.0530. The van der Waals surface area contributed by atoms with Crippen molar-refractivity contribution in [2.45, 2.75) is 37.1 Å². The molecule has 0 unspecified atom stereocenters. The van der Waals surface area contributed by atoms with Crippen molar-refractivity contribution in [1.82, 2.24) is 5.32 Å². The molecule has 1 aliphatic rings. The molecule has 1 amide bonds. The highest BCUT2D eigenvalue weighted by atomic mass is 127. The molecule has 0 saturated carbocycles. The summed E-state index contributed by atoms with van der Waals surface area (Å²) in [6.45, 7) is 1.82. The molecule has 3 rings (SSSR count). The number of hydrogen-bond acceptors (Lipinski definition) is 6. The average Bonchev–Trinajstić information content (AvgIpc) is 3.02. The minimum atomic E-state index is -0.290. The van der Waals surface area contributed by atoms with Crippen molar-refractivity contribution in [3.63, 3.8) is 0 Å². The Morgan fingerprint density at radius 3 is 2.42 bits per heavy atom. The Labute approximate surface area is 200 Å². The SMILES string of the molecule is CCC(=O)N[C@H]1CCc2c(I)c(OC)c(OC)c(OC)c2-c2ccc(SC)c(=O)cc21. The Morgan fingerprint density at radius 2 is 1.84 bits per heavy atom. The van der Waals surface area contributed by atoms with Crippen molar-refractivity contribution < 1.29 is 19.0 Å². The molecular formula is C23H26INO5S. The van der Waals surface area contributed by atoms with Crippen molar-refractivity contribution in [2.24, 2.45) is 0 Å². The maximum atomic E-state index is 12.9. The van der Waals surface area contributed by atoms with Gasteiger partial charge < -0.3 is 19.5 Å². The van der Waals surface area contributed by atoms with Gasteiger partial charge in [0.2, 0.25) is 11.7 Å². The van der Waals surface area contributed by atoms with E-state index in [2.05, 4.69) is 27.9 Å². The van der Waals surface area contributed by atoms with Crippen LogP contribution in [0.25, 0.3) is 11.1 Å². The van der Waals surface area contributed by atoms with Gasteiger partial charge in [0, 0.05) is 12.0 Å². The number of halogens is 1. The number of carbonyl (C=O) groups excluding carboxylic acids is 1. The van der Waals surface area contributed by atoms with E-state index in [-0.39, 0.29) is 17.4 Å². The maximum Gasteiger partial charge on any atom is 0.220 e. The van der Waals surface area contributed by atoms with Crippen LogP contribution in [0.4, 0.5) is 0 Å². The van der Waals surface area contributed by atoms with Crippen LogP contribution in [0.5, 0.6) is 17.2 Å². The highest BCUT2D eigenvalue weighted by molar-refractivity contribution is 14.1. The molecule has 31 heavy (non-hydrogen) atoms. The Kier molecular flexibility index (Phi) is 7.74. The third-order valence-corrected chi connectivity index (χ3v) is 7.38. The third kappa shape index (κ3) is 4.37. The van der Waals surface area contributed by atoms with Gasteiger partial charge in [-0.15, -0.1) is 11.8 Å². The third-order valence-electron chi connectivity index (χ3n) is 5.46. The van der Waals surface area contributed by atoms with Gasteiger partial charge in [0.05, 0.1) is 35.8 Å². The lowest BCUT2D eigenvalue weighted by molar-refractivity contribution is -0.121. The van der Waals surface area contributed by atoms with Crippen molar-refractivity contribution >= 4 is 40.3 Å². The fourth-order valence-electron chi connectivity index (χ4n) is 3.98. The smallest absolute Gasteiger partial charge is 0.220 e. The lowest BCUT2D eigenvalue weighted by Crippen LogP contribution is -2.28. The Bertz CT molecular complexity index is 1070. The van der Waals surface area contributed by atoms with Gasteiger partial charge in [0.1, 0.15) is 0 Å². The maximum absolute atomic E-state index is 12.9. The van der Waals surface area contributed by atoms with Crippen LogP contribution in [-0.4, -0.2) is 33.5 Å². The average molecular weight is 555 g/mol. The van der Waals surface area contributed by atoms with Gasteiger partial charge in [0.15, 0.2) is 16.9 Å². The van der Waals surface area contributed by atoms with Gasteiger partial charge in [-0.25, -0.2) is 0 Å². The van der Waals surface area contributed by atoms with Crippen LogP contribution in [0.2, 0.25) is 0 Å². The Balaban J connectivity index is 2.44. The second-order valence-corrected chi connectivity index (χ2v) is 8.99. The number of amides is 1. The molecular weight excluding hydrogens is 529 g/mol. The van der Waals surface area contributed by atoms with E-state index in [1.54, 1.807) is 27.4 Å². The zero-order valence-electron chi connectivity index (χ0n) is 18.3. The van der Waals surface area contributed by atoms with E-state index < -0.39 is 0 Å². The molecule has 0 heterocycles. The number of benzene rings is 1. The molecule has 0 radical (unpaired) electrons. The summed E-state index contributed by atoms with van der Waals surface area (Å²) in [5.41, 5.74) is 3.49. The summed E-state index contributed by atoms with van der Waals surface area (Å²) >= 11 is 3.67. The number of nitrogens with one attached hydrogen (secondary N) is 1. The summed E-state index contributed by atoms with van der Waals surface area (Å²) in [6, 6.07) is 5.15. The Hall–Kier alpha value is -1.94. The molecule has 1 atom stereocenters. The second-order valence-electron chi connectivity index (χ2n) is 7.06. The van der Waals surface area contributed by atoms with Crippen molar-refractivity contribution in [3.05, 3.63) is 43.1 Å². The van der Waals surface area contributed by atoms with Gasteiger partial charge >= 0.3 is 0 Å². The molecule has 1 aliphatic carbocycles. The molecule has 6 nitrogen and oxygen atoms in total. The monoisotopic (exact) mass is 555 g/mol. The van der Waals surface area contributed by atoms with E-state index in [1.165, 1.54) is 11.8 Å². The zero-order valence-corrected chi connectivity index (χ0v) is 21.2. The molecule has 166 valence electrons. The standard InChI is InChI=1S/C23H26INO5S/c1-6-18(27)25-15-9-7-13-19(12-8-10-17(31-5)16(26)11-14(12)15)21(28-2)23(30-4)22(29-3)20(13)24/h8,10-11,15H,6-7,9H2,1-5H3,(H,25,27)/t15-/m0/s1. The minimum Gasteiger partial charge on any atom is -0.492 e. The summed E-state index contributed by atoms with van der Waals surface area (Å²) in [4.78, 5) is 25.8. The van der Waals surface area contributed by atoms with E-state index in [9.17, 15) is 9.59 Å². The normalized spacial score (nSPS) is 14.7. The van der Waals surface area contributed by atoms with Crippen molar-refractivity contribution in [3.8, 4) is 28.4 Å². The summed E-state index contributed by atoms with van der Waals surface area (Å²) in [5.74, 6) is 1.63. The van der Waals surface area contributed by atoms with E-state index in [0.29, 0.717) is 41.4 Å². The number of hydrogen-bond donors (Lipinski definition) is 1. The molecule has 0 spiro atoms. The number of ether oxygens (including phenoxy) is 3. The van der Waals surface area contributed by atoms with E-state index in [4.69, 9.17) is 14.2 Å². The van der Waals surface area contributed by atoms with Gasteiger partial charge in [-0.05, 0) is 70.5 Å². The first kappa shape index (κ1) is 23.7. The Morgan fingerprint density at radius 1 is 1.16 bits per heavy atom. The predicted octanol–water partition coefficient (Wildman–Crippen LogP) is 4.58. The lowest BCUT2D eigenvalue weighted by atomic mass is 9.95. The van der Waals surface area contributed by atoms with Crippen molar-refractivity contribution in [2.75, 3.05) is 27.6 Å². The molecule has 2 aromatic rings. The molecule has 0 aromatic heterocycles. The first-order chi connectivity index (χ1) is 14.9. The summed E-state index contributed by atoms with van der Waals surface area (Å²) in [7, 11) is 4.78. The van der Waals surface area contributed by atoms with Gasteiger partial charge in [0.25, 0.3) is 0 Å². The second kappa shape index (κ2) is 10.1. The van der Waals surface area contributed by atoms with Crippen LogP contribution in [0.1, 0.15) is 36.9 Å². The van der Waals surface area contributed by atoms with Gasteiger partial charge in [-0.3, -0.25) is 9.59 Å². The van der Waals surface area contributed by atoms with Crippen LogP contribution in [-0.2, 0) is 11.2 Å². The highest BCUT2D eigenvalue weighted by Crippen LogP contribution is 2.52. The quantitative estimate of drug-likeness (QED) is 0.416.